The van der Waals surface area contributed by atoms with E-state index in [1.54, 1.807) is 19.5 Å². The molecular formula is C75H148O8Si11. The minimum Gasteiger partial charge on any atom is -0.470 e. The van der Waals surface area contributed by atoms with Crippen molar-refractivity contribution in [1.29, 1.82) is 0 Å². The molecule has 12 unspecified atom stereocenters. The summed E-state index contributed by atoms with van der Waals surface area (Å²) in [5.41, 5.74) is 7.45. The van der Waals surface area contributed by atoms with Gasteiger partial charge in [0.25, 0.3) is 0 Å². The third kappa shape index (κ3) is 29.7. The van der Waals surface area contributed by atoms with E-state index in [0.717, 1.165) is 47.6 Å². The molecule has 0 spiro atoms. The van der Waals surface area contributed by atoms with E-state index in [2.05, 4.69) is 258 Å². The first-order chi connectivity index (χ1) is 42.1. The van der Waals surface area contributed by atoms with E-state index in [9.17, 15) is 19.2 Å². The summed E-state index contributed by atoms with van der Waals surface area (Å²) in [4.78, 5) is 47.6. The van der Waals surface area contributed by atoms with Crippen LogP contribution in [0.4, 0.5) is 0 Å². The van der Waals surface area contributed by atoms with Crippen molar-refractivity contribution < 1.29 is 38.1 Å². The second-order valence-electron chi connectivity index (χ2n) is 42.3. The van der Waals surface area contributed by atoms with Crippen molar-refractivity contribution in [1.82, 2.24) is 0 Å². The SMILES string of the molecule is C=C(C)C(=O)OC([Si](C)(C)C)[Si](C)(C)C.C=C(C)C(=O)OC[Si](C)(C)C[Si](C)(C)C.C[Si](C)(C)C(OC(=O)C1CC2C=CC1C2)[Si](C)(C)C.C[Si](C)(C)C1CC2C=CC1C2.C[Si](C)(C)C[Si](C)(C)C1CC2C=CC1C2.C[Si](C)(C)C[Si](C)(C)COC(=O)C1CC2C=CC1C2. The summed E-state index contributed by atoms with van der Waals surface area (Å²) in [6.07, 6.45) is 30.7. The van der Waals surface area contributed by atoms with Gasteiger partial charge in [-0.2, -0.15) is 0 Å². The van der Waals surface area contributed by atoms with E-state index >= 15 is 0 Å². The number of fused-ring (bicyclic) bond motifs is 8. The number of esters is 4. The fraction of sp³-hybridized carbons (Fsp3) is 0.787. The lowest BCUT2D eigenvalue weighted by atomic mass is 9.94. The van der Waals surface area contributed by atoms with Crippen molar-refractivity contribution >= 4 is 113 Å². The monoisotopic (exact) mass is 1480 g/mol. The Morgan fingerprint density at radius 3 is 0.936 bits per heavy atom. The molecule has 8 aliphatic carbocycles. The highest BCUT2D eigenvalue weighted by Gasteiger charge is 2.49. The molecule has 8 nitrogen and oxygen atoms in total. The molecule has 0 saturated heterocycles. The van der Waals surface area contributed by atoms with Crippen LogP contribution < -0.4 is 0 Å². The van der Waals surface area contributed by atoms with Gasteiger partial charge in [-0.05, 0) is 124 Å². The predicted octanol–water partition coefficient (Wildman–Crippen LogP) is 22.0. The molecule has 0 aliphatic heterocycles. The van der Waals surface area contributed by atoms with E-state index in [1.807, 2.05) is 0 Å². The third-order valence-electron chi connectivity index (χ3n) is 20.3. The molecule has 540 valence electrons. The molecular weight excluding hydrogens is 1340 g/mol. The first-order valence-electron chi connectivity index (χ1n) is 36.9. The fourth-order valence-corrected chi connectivity index (χ4v) is 82.9. The average molecular weight is 1490 g/mol. The van der Waals surface area contributed by atoms with Gasteiger partial charge in [-0.25, -0.2) is 9.59 Å². The molecule has 0 aromatic rings. The van der Waals surface area contributed by atoms with Crippen LogP contribution in [0, 0.1) is 59.2 Å². The minimum absolute atomic E-state index is 0.0769. The Bertz CT molecular complexity index is 2640. The zero-order valence-electron chi connectivity index (χ0n) is 67.1. The van der Waals surface area contributed by atoms with Crippen molar-refractivity contribution in [3.63, 3.8) is 0 Å². The van der Waals surface area contributed by atoms with Gasteiger partial charge in [-0.15, -0.1) is 0 Å². The Morgan fingerprint density at radius 2 is 0.670 bits per heavy atom. The summed E-state index contributed by atoms with van der Waals surface area (Å²) in [7, 11) is -13.3. The Morgan fingerprint density at radius 1 is 0.362 bits per heavy atom. The summed E-state index contributed by atoms with van der Waals surface area (Å²) >= 11 is 0. The highest BCUT2D eigenvalue weighted by molar-refractivity contribution is 6.98. The number of hydrogen-bond donors (Lipinski definition) is 0. The maximum Gasteiger partial charge on any atom is 0.332 e. The van der Waals surface area contributed by atoms with Crippen molar-refractivity contribution in [3.8, 4) is 0 Å². The van der Waals surface area contributed by atoms with Crippen molar-refractivity contribution in [2.75, 3.05) is 12.5 Å². The molecule has 8 rings (SSSR count). The topological polar surface area (TPSA) is 105 Å². The smallest absolute Gasteiger partial charge is 0.332 e. The maximum absolute atomic E-state index is 12.5. The molecule has 0 aromatic carbocycles. The zero-order chi connectivity index (χ0) is 72.7. The van der Waals surface area contributed by atoms with Gasteiger partial charge in [0, 0.05) is 51.5 Å². The molecule has 0 amide bonds. The summed E-state index contributed by atoms with van der Waals surface area (Å²) in [5, 5.41) is 0.393. The van der Waals surface area contributed by atoms with Gasteiger partial charge in [0.15, 0.2) is 0 Å². The molecule has 4 fully saturated rings. The first kappa shape index (κ1) is 86.9. The average Bonchev–Trinajstić information content (AvgIpc) is 1.59. The second kappa shape index (κ2) is 33.7. The van der Waals surface area contributed by atoms with Gasteiger partial charge >= 0.3 is 23.9 Å². The van der Waals surface area contributed by atoms with Crippen LogP contribution in [-0.2, 0) is 38.1 Å². The van der Waals surface area contributed by atoms with E-state index in [1.165, 1.54) is 49.9 Å². The quantitative estimate of drug-likeness (QED) is 0.0347. The standard InChI is InChI=1S/2C15H28O2Si2.C13H26Si2.2C11H24O2Si2.C10H18Si/c1-18(2,3)15(19(4,5)6)17-14(16)13-10-11-7-8-12(13)9-11;1-18(2,3)11-19(4,5)10-17-15(16)14-9-12-6-7-13(14)8-12;1-14(2,3)10-15(4,5)13-9-11-6-7-12(13)8-11;1-10(2)11(12)13-8-15(6,7)9-14(3,4)5;1-9(2)10(12)13-11(14(3,4)5)15(6,7)8;1-11(2,3)10-7-8-4-5-9(10)6-8/h7-8,11-13,15H,9-10H2,1-6H3;6-7,12-14H,8-11H2,1-5H3;6-7,11-13H,8-10H2,1-5H3;1,8-9H2,2-7H3;11H,1H2,2-8H3;4-5,8-10H,6-7H2,1-3H3. The lowest BCUT2D eigenvalue weighted by Crippen LogP contribution is -2.56. The number of hydrogen-bond acceptors (Lipinski definition) is 8. The molecule has 0 N–H and O–H groups in total. The van der Waals surface area contributed by atoms with Crippen LogP contribution in [0.3, 0.4) is 0 Å². The van der Waals surface area contributed by atoms with Crippen LogP contribution in [0.2, 0.25) is 224 Å². The third-order valence-corrected chi connectivity index (χ3v) is 68.9. The first-order valence-corrected chi connectivity index (χ1v) is 76.0. The molecule has 0 heterocycles. The molecule has 4 saturated carbocycles. The van der Waals surface area contributed by atoms with Gasteiger partial charge in [0.2, 0.25) is 0 Å². The van der Waals surface area contributed by atoms with Crippen LogP contribution in [0.5, 0.6) is 0 Å². The Hall–Kier alpha value is -1.29. The lowest BCUT2D eigenvalue weighted by molar-refractivity contribution is -0.149. The molecule has 94 heavy (non-hydrogen) atoms. The van der Waals surface area contributed by atoms with E-state index in [4.69, 9.17) is 18.9 Å². The largest absolute Gasteiger partial charge is 0.470 e. The van der Waals surface area contributed by atoms with Gasteiger partial charge < -0.3 is 18.9 Å². The Balaban J connectivity index is 0.000000296. The van der Waals surface area contributed by atoms with Gasteiger partial charge in [0.05, 0.1) is 83.4 Å². The summed E-state index contributed by atoms with van der Waals surface area (Å²) < 4.78 is 22.7. The van der Waals surface area contributed by atoms with Gasteiger partial charge in [-0.3, -0.25) is 9.59 Å². The second-order valence-corrected chi connectivity index (χ2v) is 103. The molecule has 19 heteroatoms. The summed E-state index contributed by atoms with van der Waals surface area (Å²) in [6, 6.07) is 0. The lowest BCUT2D eigenvalue weighted by Gasteiger charge is -2.38. The molecule has 8 aliphatic rings. The number of allylic oxidation sites excluding steroid dienone is 8. The predicted molar refractivity (Wildman–Crippen MR) is 441 cm³/mol. The van der Waals surface area contributed by atoms with Crippen LogP contribution in [-0.4, -0.2) is 136 Å². The number of carbonyl (C=O) groups is 4. The fourth-order valence-electron chi connectivity index (χ4n) is 18.5. The van der Waals surface area contributed by atoms with Crippen molar-refractivity contribution in [2.24, 2.45) is 59.2 Å². The number of ether oxygens (including phenoxy) is 4. The Kier molecular flexibility index (Phi) is 31.1. The summed E-state index contributed by atoms with van der Waals surface area (Å²) in [5.74, 6) is 6.10. The highest BCUT2D eigenvalue weighted by Crippen LogP contribution is 2.54. The number of carbonyl (C=O) groups excluding carboxylic acids is 4. The zero-order valence-corrected chi connectivity index (χ0v) is 78.1. The van der Waals surface area contributed by atoms with E-state index in [-0.39, 0.29) is 46.4 Å². The van der Waals surface area contributed by atoms with E-state index in [0.29, 0.717) is 47.3 Å². The van der Waals surface area contributed by atoms with Crippen LogP contribution >= 0.6 is 0 Å². The molecule has 8 bridgehead atoms. The Labute approximate surface area is 591 Å². The van der Waals surface area contributed by atoms with Crippen LogP contribution in [0.15, 0.2) is 72.9 Å². The van der Waals surface area contributed by atoms with Crippen molar-refractivity contribution in [2.45, 2.75) is 300 Å². The van der Waals surface area contributed by atoms with Crippen molar-refractivity contribution in [3.05, 3.63) is 72.9 Å². The minimum atomic E-state index is -1.46. The van der Waals surface area contributed by atoms with Crippen LogP contribution in [0.25, 0.3) is 0 Å². The molecule has 12 atom stereocenters. The van der Waals surface area contributed by atoms with Gasteiger partial charge in [-0.1, -0.05) is 275 Å². The highest BCUT2D eigenvalue weighted by atomic mass is 28.4. The normalized spacial score (nSPS) is 26.7. The molecule has 0 radical (unpaired) electrons. The molecule has 0 aromatic heterocycles. The number of rotatable bonds is 22. The summed E-state index contributed by atoms with van der Waals surface area (Å²) in [6.45, 7) is 82.2. The van der Waals surface area contributed by atoms with Gasteiger partial charge in [0.1, 0.15) is 0 Å². The van der Waals surface area contributed by atoms with Crippen LogP contribution in [0.1, 0.15) is 65.2 Å². The van der Waals surface area contributed by atoms with E-state index < -0.39 is 88.8 Å². The maximum atomic E-state index is 12.5.